The lowest BCUT2D eigenvalue weighted by atomic mass is 10.2. The van der Waals surface area contributed by atoms with Gasteiger partial charge in [-0.05, 0) is 31.4 Å². The first-order chi connectivity index (χ1) is 11.6. The molecule has 3 rings (SSSR count). The molecular formula is C16H18N4O4. The van der Waals surface area contributed by atoms with Gasteiger partial charge in [0.05, 0.1) is 0 Å². The van der Waals surface area contributed by atoms with Crippen molar-refractivity contribution in [1.29, 1.82) is 0 Å². The molecule has 2 aromatic rings. The minimum atomic E-state index is -0.879. The Morgan fingerprint density at radius 2 is 2.17 bits per heavy atom. The van der Waals surface area contributed by atoms with Crippen molar-refractivity contribution in [2.24, 2.45) is 0 Å². The molecule has 0 spiro atoms. The molecule has 0 atom stereocenters. The maximum atomic E-state index is 11.8. The van der Waals surface area contributed by atoms with E-state index in [0.29, 0.717) is 36.3 Å². The Hall–Kier alpha value is -2.90. The summed E-state index contributed by atoms with van der Waals surface area (Å²) in [5.74, 6) is 0.682. The van der Waals surface area contributed by atoms with E-state index >= 15 is 0 Å². The number of carbonyl (C=O) groups excluding carboxylic acids is 1. The zero-order chi connectivity index (χ0) is 16.9. The highest BCUT2D eigenvalue weighted by atomic mass is 16.5. The van der Waals surface area contributed by atoms with Crippen LogP contribution in [0.25, 0.3) is 11.4 Å². The van der Waals surface area contributed by atoms with Gasteiger partial charge in [-0.25, -0.2) is 4.79 Å². The van der Waals surface area contributed by atoms with Gasteiger partial charge in [0.25, 0.3) is 0 Å². The third-order valence-corrected chi connectivity index (χ3v) is 3.60. The van der Waals surface area contributed by atoms with Crippen molar-refractivity contribution in [3.63, 3.8) is 0 Å². The quantitative estimate of drug-likeness (QED) is 0.672. The predicted octanol–water partition coefficient (Wildman–Crippen LogP) is 2.60. The number of carbonyl (C=O) groups is 2. The average Bonchev–Trinajstić information content (AvgIpc) is 3.29. The molecule has 1 aromatic carbocycles. The number of hydrogen-bond donors (Lipinski definition) is 3. The Morgan fingerprint density at radius 1 is 1.33 bits per heavy atom. The largest absolute Gasteiger partial charge is 0.481 e. The van der Waals surface area contributed by atoms with E-state index in [-0.39, 0.29) is 12.5 Å². The van der Waals surface area contributed by atoms with E-state index in [1.807, 2.05) is 6.07 Å². The summed E-state index contributed by atoms with van der Waals surface area (Å²) in [6.07, 6.45) is 2.59. The maximum Gasteiger partial charge on any atom is 0.319 e. The van der Waals surface area contributed by atoms with Crippen molar-refractivity contribution >= 4 is 17.7 Å². The summed E-state index contributed by atoms with van der Waals surface area (Å²) in [4.78, 5) is 26.6. The average molecular weight is 330 g/mol. The molecule has 1 fully saturated rings. The molecule has 0 saturated heterocycles. The monoisotopic (exact) mass is 330 g/mol. The van der Waals surface area contributed by atoms with Gasteiger partial charge in [0.15, 0.2) is 0 Å². The van der Waals surface area contributed by atoms with Crippen molar-refractivity contribution in [3.05, 3.63) is 30.2 Å². The van der Waals surface area contributed by atoms with Crippen LogP contribution in [0, 0.1) is 0 Å². The van der Waals surface area contributed by atoms with Crippen LogP contribution in [-0.4, -0.2) is 33.8 Å². The van der Waals surface area contributed by atoms with Gasteiger partial charge in [0, 0.05) is 30.1 Å². The number of anilines is 1. The normalized spacial score (nSPS) is 13.5. The third kappa shape index (κ3) is 4.31. The van der Waals surface area contributed by atoms with Crippen LogP contribution in [0.2, 0.25) is 0 Å². The molecule has 0 unspecified atom stereocenters. The molecule has 126 valence electrons. The molecule has 1 heterocycles. The molecule has 0 radical (unpaired) electrons. The molecule has 8 heteroatoms. The van der Waals surface area contributed by atoms with Gasteiger partial charge in [-0.15, -0.1) is 0 Å². The highest BCUT2D eigenvalue weighted by molar-refractivity contribution is 5.89. The summed E-state index contributed by atoms with van der Waals surface area (Å²) in [5, 5.41) is 17.8. The highest BCUT2D eigenvalue weighted by Crippen LogP contribution is 2.39. The van der Waals surface area contributed by atoms with Gasteiger partial charge in [-0.2, -0.15) is 4.98 Å². The summed E-state index contributed by atoms with van der Waals surface area (Å²) in [7, 11) is 0. The fraction of sp³-hybridized carbons (Fsp3) is 0.375. The predicted molar refractivity (Wildman–Crippen MR) is 85.6 cm³/mol. The second kappa shape index (κ2) is 7.12. The number of urea groups is 1. The van der Waals surface area contributed by atoms with Crippen LogP contribution in [-0.2, 0) is 4.79 Å². The molecule has 0 aliphatic heterocycles. The standard InChI is InChI=1S/C16H18N4O4/c21-13(22)5-2-8-17-16(23)18-12-4-1-3-11(9-12)14-19-15(24-20-14)10-6-7-10/h1,3-4,9-10H,2,5-8H2,(H,21,22)(H2,17,18,23). The summed E-state index contributed by atoms with van der Waals surface area (Å²) in [6.45, 7) is 0.299. The number of aromatic nitrogens is 2. The number of benzene rings is 1. The number of amides is 2. The number of carboxylic acid groups (broad SMARTS) is 1. The van der Waals surface area contributed by atoms with Crippen molar-refractivity contribution in [3.8, 4) is 11.4 Å². The molecular weight excluding hydrogens is 312 g/mol. The number of hydrogen-bond acceptors (Lipinski definition) is 5. The molecule has 1 aliphatic rings. The minimum absolute atomic E-state index is 0.0247. The van der Waals surface area contributed by atoms with E-state index < -0.39 is 5.97 Å². The van der Waals surface area contributed by atoms with E-state index in [1.54, 1.807) is 18.2 Å². The van der Waals surface area contributed by atoms with Crippen LogP contribution in [0.1, 0.15) is 37.5 Å². The lowest BCUT2D eigenvalue weighted by Crippen LogP contribution is -2.29. The highest BCUT2D eigenvalue weighted by Gasteiger charge is 2.29. The van der Waals surface area contributed by atoms with Crippen LogP contribution in [0.3, 0.4) is 0 Å². The Morgan fingerprint density at radius 3 is 2.92 bits per heavy atom. The smallest absolute Gasteiger partial charge is 0.319 e. The maximum absolute atomic E-state index is 11.8. The number of rotatable bonds is 7. The SMILES string of the molecule is O=C(O)CCCNC(=O)Nc1cccc(-c2noc(C3CC3)n2)c1. The minimum Gasteiger partial charge on any atom is -0.481 e. The lowest BCUT2D eigenvalue weighted by Gasteiger charge is -2.07. The lowest BCUT2D eigenvalue weighted by molar-refractivity contribution is -0.137. The van der Waals surface area contributed by atoms with E-state index in [2.05, 4.69) is 20.8 Å². The van der Waals surface area contributed by atoms with Crippen molar-refractivity contribution in [1.82, 2.24) is 15.5 Å². The van der Waals surface area contributed by atoms with E-state index in [0.717, 1.165) is 18.4 Å². The van der Waals surface area contributed by atoms with E-state index in [4.69, 9.17) is 9.63 Å². The molecule has 1 aromatic heterocycles. The molecule has 2 amide bonds. The first-order valence-corrected chi connectivity index (χ1v) is 7.82. The number of aliphatic carboxylic acids is 1. The van der Waals surface area contributed by atoms with Crippen LogP contribution in [0.5, 0.6) is 0 Å². The second-order valence-corrected chi connectivity index (χ2v) is 5.69. The topological polar surface area (TPSA) is 117 Å². The fourth-order valence-corrected chi connectivity index (χ4v) is 2.20. The molecule has 24 heavy (non-hydrogen) atoms. The first-order valence-electron chi connectivity index (χ1n) is 7.82. The van der Waals surface area contributed by atoms with Crippen LogP contribution in [0.15, 0.2) is 28.8 Å². The molecule has 3 N–H and O–H groups in total. The van der Waals surface area contributed by atoms with Gasteiger partial charge in [-0.1, -0.05) is 17.3 Å². The number of carboxylic acids is 1. The molecule has 1 saturated carbocycles. The van der Waals surface area contributed by atoms with Crippen molar-refractivity contribution < 1.29 is 19.2 Å². The van der Waals surface area contributed by atoms with Gasteiger partial charge < -0.3 is 20.3 Å². The van der Waals surface area contributed by atoms with Crippen molar-refractivity contribution in [2.75, 3.05) is 11.9 Å². The number of nitrogens with zero attached hydrogens (tertiary/aromatic N) is 2. The van der Waals surface area contributed by atoms with Crippen molar-refractivity contribution in [2.45, 2.75) is 31.6 Å². The van der Waals surface area contributed by atoms with Gasteiger partial charge >= 0.3 is 12.0 Å². The fourth-order valence-electron chi connectivity index (χ4n) is 2.20. The van der Waals surface area contributed by atoms with Gasteiger partial charge in [0.1, 0.15) is 0 Å². The molecule has 8 nitrogen and oxygen atoms in total. The number of nitrogens with one attached hydrogen (secondary N) is 2. The van der Waals surface area contributed by atoms with Crippen LogP contribution < -0.4 is 10.6 Å². The summed E-state index contributed by atoms with van der Waals surface area (Å²) < 4.78 is 5.24. The third-order valence-electron chi connectivity index (χ3n) is 3.60. The molecule has 1 aliphatic carbocycles. The Balaban J connectivity index is 1.56. The van der Waals surface area contributed by atoms with Gasteiger partial charge in [0.2, 0.25) is 11.7 Å². The first kappa shape index (κ1) is 16.0. The van der Waals surface area contributed by atoms with E-state index in [9.17, 15) is 9.59 Å². The summed E-state index contributed by atoms with van der Waals surface area (Å²) in [5.41, 5.74) is 1.36. The Labute approximate surface area is 138 Å². The zero-order valence-electron chi connectivity index (χ0n) is 13.0. The second-order valence-electron chi connectivity index (χ2n) is 5.69. The molecule has 0 bridgehead atoms. The van der Waals surface area contributed by atoms with Crippen LogP contribution in [0.4, 0.5) is 10.5 Å². The van der Waals surface area contributed by atoms with Gasteiger partial charge in [-0.3, -0.25) is 4.79 Å². The zero-order valence-corrected chi connectivity index (χ0v) is 13.0. The summed E-state index contributed by atoms with van der Waals surface area (Å²) in [6, 6.07) is 6.77. The Bertz CT molecular complexity index is 739. The summed E-state index contributed by atoms with van der Waals surface area (Å²) >= 11 is 0. The van der Waals surface area contributed by atoms with E-state index in [1.165, 1.54) is 0 Å². The van der Waals surface area contributed by atoms with Crippen LogP contribution >= 0.6 is 0 Å². The Kier molecular flexibility index (Phi) is 4.74.